The van der Waals surface area contributed by atoms with Crippen molar-refractivity contribution in [1.29, 1.82) is 0 Å². The molecular weight excluding hydrogens is 235 g/mol. The third kappa shape index (κ3) is 2.69. The molecule has 0 saturated carbocycles. The van der Waals surface area contributed by atoms with Crippen molar-refractivity contribution in [2.75, 3.05) is 36.5 Å². The standard InChI is InChI=1S/C12H19FN4O/c1-3-9-8-18-6-5-17(9)11-10(13)7-15-12(16-11)14-4-2/h7,9H,3-6,8H2,1-2H3,(H,14,15,16). The maximum atomic E-state index is 13.9. The first-order valence-corrected chi connectivity index (χ1v) is 6.37. The lowest BCUT2D eigenvalue weighted by Gasteiger charge is -2.36. The third-order valence-electron chi connectivity index (χ3n) is 3.03. The van der Waals surface area contributed by atoms with E-state index in [0.29, 0.717) is 38.1 Å². The molecule has 0 spiro atoms. The van der Waals surface area contributed by atoms with Gasteiger partial charge in [0.1, 0.15) is 0 Å². The minimum absolute atomic E-state index is 0.178. The molecule has 1 aromatic rings. The summed E-state index contributed by atoms with van der Waals surface area (Å²) in [6, 6.07) is 0.178. The highest BCUT2D eigenvalue weighted by Crippen LogP contribution is 2.23. The summed E-state index contributed by atoms with van der Waals surface area (Å²) in [5.41, 5.74) is 0. The van der Waals surface area contributed by atoms with Gasteiger partial charge in [0.15, 0.2) is 11.6 Å². The van der Waals surface area contributed by atoms with Crippen LogP contribution in [-0.4, -0.2) is 42.3 Å². The van der Waals surface area contributed by atoms with Crippen LogP contribution in [0.1, 0.15) is 20.3 Å². The maximum Gasteiger partial charge on any atom is 0.224 e. The van der Waals surface area contributed by atoms with Crippen molar-refractivity contribution in [2.45, 2.75) is 26.3 Å². The summed E-state index contributed by atoms with van der Waals surface area (Å²) in [5, 5.41) is 3.00. The molecule has 1 N–H and O–H groups in total. The van der Waals surface area contributed by atoms with Gasteiger partial charge in [-0.2, -0.15) is 4.98 Å². The van der Waals surface area contributed by atoms with Gasteiger partial charge in [-0.25, -0.2) is 9.37 Å². The lowest BCUT2D eigenvalue weighted by molar-refractivity contribution is 0.0921. The minimum atomic E-state index is -0.378. The van der Waals surface area contributed by atoms with Crippen molar-refractivity contribution in [2.24, 2.45) is 0 Å². The van der Waals surface area contributed by atoms with E-state index in [1.54, 1.807) is 0 Å². The second kappa shape index (κ2) is 5.95. The quantitative estimate of drug-likeness (QED) is 0.885. The summed E-state index contributed by atoms with van der Waals surface area (Å²) in [7, 11) is 0. The Balaban J connectivity index is 2.26. The average molecular weight is 254 g/mol. The number of anilines is 2. The normalized spacial score (nSPS) is 19.9. The first-order valence-electron chi connectivity index (χ1n) is 6.37. The number of halogens is 1. The Morgan fingerprint density at radius 1 is 1.56 bits per heavy atom. The number of rotatable bonds is 4. The molecule has 100 valence electrons. The first kappa shape index (κ1) is 13.0. The molecule has 2 rings (SSSR count). The van der Waals surface area contributed by atoms with Gasteiger partial charge in [0.05, 0.1) is 25.5 Å². The molecule has 1 atom stereocenters. The summed E-state index contributed by atoms with van der Waals surface area (Å²) in [5.74, 6) is 0.461. The molecule has 18 heavy (non-hydrogen) atoms. The molecular formula is C12H19FN4O. The zero-order valence-corrected chi connectivity index (χ0v) is 10.8. The number of hydrogen-bond acceptors (Lipinski definition) is 5. The van der Waals surface area contributed by atoms with Crippen molar-refractivity contribution >= 4 is 11.8 Å². The van der Waals surface area contributed by atoms with E-state index >= 15 is 0 Å². The third-order valence-corrected chi connectivity index (χ3v) is 3.03. The van der Waals surface area contributed by atoms with E-state index in [4.69, 9.17) is 4.74 Å². The second-order valence-electron chi connectivity index (χ2n) is 4.23. The van der Waals surface area contributed by atoms with Crippen LogP contribution >= 0.6 is 0 Å². The summed E-state index contributed by atoms with van der Waals surface area (Å²) >= 11 is 0. The molecule has 0 aliphatic carbocycles. The van der Waals surface area contributed by atoms with Gasteiger partial charge in [0.2, 0.25) is 5.95 Å². The highest BCUT2D eigenvalue weighted by atomic mass is 19.1. The van der Waals surface area contributed by atoms with Crippen molar-refractivity contribution in [3.8, 4) is 0 Å². The Labute approximate surface area is 106 Å². The van der Waals surface area contributed by atoms with Gasteiger partial charge in [0, 0.05) is 13.1 Å². The van der Waals surface area contributed by atoms with Crippen LogP contribution in [0.25, 0.3) is 0 Å². The largest absolute Gasteiger partial charge is 0.377 e. The van der Waals surface area contributed by atoms with Crippen LogP contribution in [0, 0.1) is 5.82 Å². The molecule has 0 amide bonds. The zero-order valence-electron chi connectivity index (χ0n) is 10.8. The molecule has 1 fully saturated rings. The van der Waals surface area contributed by atoms with Crippen LogP contribution in [0.4, 0.5) is 16.2 Å². The fourth-order valence-electron chi connectivity index (χ4n) is 2.07. The molecule has 1 saturated heterocycles. The molecule has 0 radical (unpaired) electrons. The summed E-state index contributed by atoms with van der Waals surface area (Å²) in [4.78, 5) is 10.1. The zero-order chi connectivity index (χ0) is 13.0. The molecule has 1 unspecified atom stereocenters. The second-order valence-corrected chi connectivity index (χ2v) is 4.23. The van der Waals surface area contributed by atoms with Gasteiger partial charge >= 0.3 is 0 Å². The lowest BCUT2D eigenvalue weighted by atomic mass is 10.2. The predicted octanol–water partition coefficient (Wildman–Crippen LogP) is 1.66. The number of nitrogens with zero attached hydrogens (tertiary/aromatic N) is 3. The van der Waals surface area contributed by atoms with E-state index in [0.717, 1.165) is 6.42 Å². The molecule has 1 aliphatic rings. The summed E-state index contributed by atoms with van der Waals surface area (Å²) < 4.78 is 19.3. The molecule has 2 heterocycles. The van der Waals surface area contributed by atoms with Crippen LogP contribution in [-0.2, 0) is 4.74 Å². The van der Waals surface area contributed by atoms with Crippen LogP contribution in [0.5, 0.6) is 0 Å². The van der Waals surface area contributed by atoms with E-state index in [1.807, 2.05) is 11.8 Å². The molecule has 0 bridgehead atoms. The number of hydrogen-bond donors (Lipinski definition) is 1. The average Bonchev–Trinajstić information content (AvgIpc) is 2.41. The number of ether oxygens (including phenoxy) is 1. The predicted molar refractivity (Wildman–Crippen MR) is 68.4 cm³/mol. The number of morpholine rings is 1. The summed E-state index contributed by atoms with van der Waals surface area (Å²) in [6.07, 6.45) is 2.13. The Morgan fingerprint density at radius 3 is 3.11 bits per heavy atom. The van der Waals surface area contributed by atoms with Gasteiger partial charge in [-0.05, 0) is 13.3 Å². The lowest BCUT2D eigenvalue weighted by Crippen LogP contribution is -2.46. The molecule has 5 nitrogen and oxygen atoms in total. The van der Waals surface area contributed by atoms with Gasteiger partial charge < -0.3 is 15.0 Å². The van der Waals surface area contributed by atoms with Crippen molar-refractivity contribution in [1.82, 2.24) is 9.97 Å². The number of aromatic nitrogens is 2. The van der Waals surface area contributed by atoms with E-state index in [1.165, 1.54) is 6.20 Å². The fourth-order valence-corrected chi connectivity index (χ4v) is 2.07. The number of nitrogens with one attached hydrogen (secondary N) is 1. The van der Waals surface area contributed by atoms with E-state index in [2.05, 4.69) is 22.2 Å². The van der Waals surface area contributed by atoms with Crippen LogP contribution in [0.3, 0.4) is 0 Å². The monoisotopic (exact) mass is 254 g/mol. The molecule has 1 aliphatic heterocycles. The van der Waals surface area contributed by atoms with Crippen LogP contribution < -0.4 is 10.2 Å². The smallest absolute Gasteiger partial charge is 0.224 e. The van der Waals surface area contributed by atoms with Gasteiger partial charge in [-0.3, -0.25) is 0 Å². The van der Waals surface area contributed by atoms with Crippen LogP contribution in [0.15, 0.2) is 6.20 Å². The Bertz CT molecular complexity index is 402. The molecule has 0 aromatic carbocycles. The highest BCUT2D eigenvalue weighted by molar-refractivity contribution is 5.45. The maximum absolute atomic E-state index is 13.9. The van der Waals surface area contributed by atoms with Crippen molar-refractivity contribution in [3.63, 3.8) is 0 Å². The molecule has 1 aromatic heterocycles. The Hall–Kier alpha value is -1.43. The highest BCUT2D eigenvalue weighted by Gasteiger charge is 2.25. The van der Waals surface area contributed by atoms with Gasteiger partial charge in [0.25, 0.3) is 0 Å². The van der Waals surface area contributed by atoms with E-state index < -0.39 is 0 Å². The van der Waals surface area contributed by atoms with E-state index in [9.17, 15) is 4.39 Å². The first-order chi connectivity index (χ1) is 8.76. The van der Waals surface area contributed by atoms with Gasteiger partial charge in [-0.15, -0.1) is 0 Å². The van der Waals surface area contributed by atoms with Gasteiger partial charge in [-0.1, -0.05) is 6.92 Å². The fraction of sp³-hybridized carbons (Fsp3) is 0.667. The Kier molecular flexibility index (Phi) is 4.30. The SMILES string of the molecule is CCNc1ncc(F)c(N2CCOCC2CC)n1. The van der Waals surface area contributed by atoms with Crippen molar-refractivity contribution in [3.05, 3.63) is 12.0 Å². The Morgan fingerprint density at radius 2 is 2.39 bits per heavy atom. The van der Waals surface area contributed by atoms with Crippen LogP contribution in [0.2, 0.25) is 0 Å². The molecule has 6 heteroatoms. The van der Waals surface area contributed by atoms with Crippen molar-refractivity contribution < 1.29 is 9.13 Å². The minimum Gasteiger partial charge on any atom is -0.377 e. The van der Waals surface area contributed by atoms with E-state index in [-0.39, 0.29) is 11.9 Å². The topological polar surface area (TPSA) is 50.3 Å². The summed E-state index contributed by atoms with van der Waals surface area (Å²) in [6.45, 7) is 6.63.